The van der Waals surface area contributed by atoms with Crippen LogP contribution >= 0.6 is 15.9 Å². The molecule has 0 saturated heterocycles. The number of halogens is 1. The van der Waals surface area contributed by atoms with E-state index in [-0.39, 0.29) is 11.8 Å². The summed E-state index contributed by atoms with van der Waals surface area (Å²) in [5.41, 5.74) is 1.52. The Balaban J connectivity index is 2.96. The molecule has 14 heavy (non-hydrogen) atoms. The molecule has 4 heteroatoms. The minimum absolute atomic E-state index is 0.359. The number of nitrogens with one attached hydrogen (secondary N) is 1. The van der Waals surface area contributed by atoms with Crippen molar-refractivity contribution in [3.05, 3.63) is 33.8 Å². The lowest BCUT2D eigenvalue weighted by molar-refractivity contribution is -0.118. The molecule has 0 bridgehead atoms. The molecule has 1 N–H and O–H groups in total. The average Bonchev–Trinajstić information content (AvgIpc) is 2.01. The molecule has 0 aliphatic carbocycles. The topological polar surface area (TPSA) is 46.2 Å². The van der Waals surface area contributed by atoms with Crippen molar-refractivity contribution < 1.29 is 9.59 Å². The largest absolute Gasteiger partial charge is 0.293 e. The molecule has 2 amide bonds. The third-order valence-corrected chi connectivity index (χ3v) is 2.31. The van der Waals surface area contributed by atoms with Crippen LogP contribution in [0.1, 0.15) is 22.8 Å². The zero-order valence-corrected chi connectivity index (χ0v) is 9.51. The quantitative estimate of drug-likeness (QED) is 0.835. The molecule has 1 aromatic carbocycles. The van der Waals surface area contributed by atoms with Crippen LogP contribution in [0, 0.1) is 6.92 Å². The van der Waals surface area contributed by atoms with E-state index in [0.717, 1.165) is 5.56 Å². The van der Waals surface area contributed by atoms with Crippen molar-refractivity contribution >= 4 is 27.7 Å². The molecule has 0 unspecified atom stereocenters. The first-order valence-electron chi connectivity index (χ1n) is 4.09. The zero-order chi connectivity index (χ0) is 10.7. The van der Waals surface area contributed by atoms with Gasteiger partial charge < -0.3 is 0 Å². The number of carbonyl (C=O) groups is 2. The van der Waals surface area contributed by atoms with E-state index in [2.05, 4.69) is 21.2 Å². The number of amides is 2. The SMILES string of the molecule is CC(=O)NC(=O)c1ccc(C)cc1Br. The first-order chi connectivity index (χ1) is 6.50. The standard InChI is InChI=1S/C10H10BrNO2/c1-6-3-4-8(9(11)5-6)10(14)12-7(2)13/h3-5H,1-2H3,(H,12,13,14). The third-order valence-electron chi connectivity index (χ3n) is 1.66. The lowest BCUT2D eigenvalue weighted by Gasteiger charge is -2.04. The number of benzene rings is 1. The van der Waals surface area contributed by atoms with Crippen molar-refractivity contribution in [2.75, 3.05) is 0 Å². The van der Waals surface area contributed by atoms with Crippen LogP contribution in [-0.4, -0.2) is 11.8 Å². The van der Waals surface area contributed by atoms with Gasteiger partial charge in [0.15, 0.2) is 0 Å². The Labute approximate surface area is 90.6 Å². The number of rotatable bonds is 1. The minimum atomic E-state index is -0.385. The van der Waals surface area contributed by atoms with Crippen molar-refractivity contribution in [1.29, 1.82) is 0 Å². The van der Waals surface area contributed by atoms with Gasteiger partial charge in [0, 0.05) is 11.4 Å². The van der Waals surface area contributed by atoms with E-state index >= 15 is 0 Å². The number of hydrogen-bond acceptors (Lipinski definition) is 2. The third kappa shape index (κ3) is 2.67. The number of imide groups is 1. The van der Waals surface area contributed by atoms with E-state index in [1.807, 2.05) is 19.1 Å². The normalized spacial score (nSPS) is 9.64. The van der Waals surface area contributed by atoms with E-state index < -0.39 is 0 Å². The smallest absolute Gasteiger partial charge is 0.258 e. The average molecular weight is 256 g/mol. The monoisotopic (exact) mass is 255 g/mol. The minimum Gasteiger partial charge on any atom is -0.293 e. The van der Waals surface area contributed by atoms with E-state index in [4.69, 9.17) is 0 Å². The van der Waals surface area contributed by atoms with Crippen molar-refractivity contribution in [3.8, 4) is 0 Å². The zero-order valence-electron chi connectivity index (χ0n) is 7.93. The summed E-state index contributed by atoms with van der Waals surface area (Å²) in [7, 11) is 0. The maximum Gasteiger partial charge on any atom is 0.258 e. The molecule has 1 rings (SSSR count). The molecular weight excluding hydrogens is 246 g/mol. The Morgan fingerprint density at radius 1 is 1.36 bits per heavy atom. The van der Waals surface area contributed by atoms with Gasteiger partial charge in [-0.05, 0) is 40.5 Å². The molecule has 0 saturated carbocycles. The molecule has 0 atom stereocenters. The molecule has 0 fully saturated rings. The lowest BCUT2D eigenvalue weighted by Crippen LogP contribution is -2.28. The Kier molecular flexibility index (Phi) is 3.41. The van der Waals surface area contributed by atoms with Crippen molar-refractivity contribution in [2.45, 2.75) is 13.8 Å². The fraction of sp³-hybridized carbons (Fsp3) is 0.200. The van der Waals surface area contributed by atoms with Crippen LogP contribution in [0.4, 0.5) is 0 Å². The molecule has 74 valence electrons. The Morgan fingerprint density at radius 3 is 2.50 bits per heavy atom. The molecule has 0 spiro atoms. The second kappa shape index (κ2) is 4.37. The molecule has 3 nitrogen and oxygen atoms in total. The molecule has 0 heterocycles. The summed E-state index contributed by atoms with van der Waals surface area (Å²) in [5, 5.41) is 2.21. The second-order valence-electron chi connectivity index (χ2n) is 2.99. The summed E-state index contributed by atoms with van der Waals surface area (Å²) in [4.78, 5) is 22.1. The van der Waals surface area contributed by atoms with Gasteiger partial charge in [-0.2, -0.15) is 0 Å². The van der Waals surface area contributed by atoms with E-state index in [1.165, 1.54) is 6.92 Å². The first kappa shape index (κ1) is 10.9. The van der Waals surface area contributed by atoms with E-state index in [9.17, 15) is 9.59 Å². The summed E-state index contributed by atoms with van der Waals surface area (Å²) in [6.45, 7) is 3.23. The maximum absolute atomic E-state index is 11.4. The summed E-state index contributed by atoms with van der Waals surface area (Å²) >= 11 is 3.27. The van der Waals surface area contributed by atoms with Gasteiger partial charge in [0.25, 0.3) is 5.91 Å². The highest BCUT2D eigenvalue weighted by Gasteiger charge is 2.10. The van der Waals surface area contributed by atoms with Crippen LogP contribution in [0.15, 0.2) is 22.7 Å². The fourth-order valence-corrected chi connectivity index (χ4v) is 1.70. The summed E-state index contributed by atoms with van der Waals surface area (Å²) in [5.74, 6) is -0.744. The van der Waals surface area contributed by atoms with Crippen LogP contribution in [0.25, 0.3) is 0 Å². The Bertz CT molecular complexity index is 388. The van der Waals surface area contributed by atoms with Gasteiger partial charge in [-0.25, -0.2) is 0 Å². The van der Waals surface area contributed by atoms with Crippen LogP contribution < -0.4 is 5.32 Å². The van der Waals surface area contributed by atoms with Crippen LogP contribution in [0.5, 0.6) is 0 Å². The Morgan fingerprint density at radius 2 is 2.00 bits per heavy atom. The van der Waals surface area contributed by atoms with Gasteiger partial charge in [0.1, 0.15) is 0 Å². The summed E-state index contributed by atoms with van der Waals surface area (Å²) in [6.07, 6.45) is 0. The number of aryl methyl sites for hydroxylation is 1. The maximum atomic E-state index is 11.4. The van der Waals surface area contributed by atoms with Crippen molar-refractivity contribution in [3.63, 3.8) is 0 Å². The summed E-state index contributed by atoms with van der Waals surface area (Å²) in [6, 6.07) is 5.33. The second-order valence-corrected chi connectivity index (χ2v) is 3.85. The van der Waals surface area contributed by atoms with Crippen LogP contribution in [0.2, 0.25) is 0 Å². The van der Waals surface area contributed by atoms with E-state index in [1.54, 1.807) is 6.07 Å². The van der Waals surface area contributed by atoms with Gasteiger partial charge in [-0.1, -0.05) is 6.07 Å². The highest BCUT2D eigenvalue weighted by Crippen LogP contribution is 2.17. The highest BCUT2D eigenvalue weighted by atomic mass is 79.9. The molecule has 0 radical (unpaired) electrons. The summed E-state index contributed by atoms with van der Waals surface area (Å²) < 4.78 is 0.691. The molecule has 0 aliphatic rings. The molecular formula is C10H10BrNO2. The van der Waals surface area contributed by atoms with Gasteiger partial charge in [-0.15, -0.1) is 0 Å². The fourth-order valence-electron chi connectivity index (χ4n) is 1.03. The lowest BCUT2D eigenvalue weighted by atomic mass is 10.1. The van der Waals surface area contributed by atoms with Gasteiger partial charge in [0.2, 0.25) is 5.91 Å². The van der Waals surface area contributed by atoms with E-state index in [0.29, 0.717) is 10.0 Å². The molecule has 1 aromatic rings. The molecule has 0 aromatic heterocycles. The predicted octanol–water partition coefficient (Wildman–Crippen LogP) is 2.03. The van der Waals surface area contributed by atoms with Gasteiger partial charge in [-0.3, -0.25) is 14.9 Å². The Hall–Kier alpha value is -1.16. The van der Waals surface area contributed by atoms with Gasteiger partial charge in [0.05, 0.1) is 5.56 Å². The highest BCUT2D eigenvalue weighted by molar-refractivity contribution is 9.10. The first-order valence-corrected chi connectivity index (χ1v) is 4.88. The van der Waals surface area contributed by atoms with Crippen molar-refractivity contribution in [1.82, 2.24) is 5.32 Å². The van der Waals surface area contributed by atoms with Crippen LogP contribution in [0.3, 0.4) is 0 Å². The number of hydrogen-bond donors (Lipinski definition) is 1. The number of carbonyl (C=O) groups excluding carboxylic acids is 2. The van der Waals surface area contributed by atoms with Crippen LogP contribution in [-0.2, 0) is 4.79 Å². The molecule has 0 aliphatic heterocycles. The van der Waals surface area contributed by atoms with Crippen molar-refractivity contribution in [2.24, 2.45) is 0 Å². The predicted molar refractivity (Wildman–Crippen MR) is 57.0 cm³/mol. The van der Waals surface area contributed by atoms with Gasteiger partial charge >= 0.3 is 0 Å².